The molecule has 0 aliphatic rings. The van der Waals surface area contributed by atoms with Crippen molar-refractivity contribution in [2.75, 3.05) is 13.6 Å². The molecule has 0 bridgehead atoms. The van der Waals surface area contributed by atoms with Gasteiger partial charge >= 0.3 is 5.97 Å². The molecule has 0 unspecified atom stereocenters. The van der Waals surface area contributed by atoms with E-state index in [-0.39, 0.29) is 10.6 Å². The summed E-state index contributed by atoms with van der Waals surface area (Å²) in [6, 6.07) is 4.43. The lowest BCUT2D eigenvalue weighted by molar-refractivity contribution is -0.384. The highest BCUT2D eigenvalue weighted by Gasteiger charge is 2.26. The van der Waals surface area contributed by atoms with E-state index in [9.17, 15) is 23.3 Å². The molecule has 0 saturated heterocycles. The van der Waals surface area contributed by atoms with E-state index in [1.165, 1.54) is 7.05 Å². The molecule has 0 saturated carbocycles. The number of carbonyl (C=O) groups excluding carboxylic acids is 1. The van der Waals surface area contributed by atoms with Crippen LogP contribution < -0.4 is 0 Å². The Hall–Kier alpha value is -2.00. The van der Waals surface area contributed by atoms with Crippen molar-refractivity contribution in [2.45, 2.75) is 31.3 Å². The minimum atomic E-state index is -3.92. The molecular formula is C13H18N2O6S. The monoisotopic (exact) mass is 330 g/mol. The second-order valence-corrected chi connectivity index (χ2v) is 7.64. The summed E-state index contributed by atoms with van der Waals surface area (Å²) in [6.07, 6.45) is 0. The highest BCUT2D eigenvalue weighted by Crippen LogP contribution is 2.19. The molecule has 8 nitrogen and oxygen atoms in total. The fourth-order valence-electron chi connectivity index (χ4n) is 1.56. The summed E-state index contributed by atoms with van der Waals surface area (Å²) in [4.78, 5) is 21.5. The lowest BCUT2D eigenvalue weighted by Crippen LogP contribution is -2.36. The van der Waals surface area contributed by atoms with Crippen LogP contribution in [0.2, 0.25) is 0 Å². The Morgan fingerprint density at radius 3 is 2.18 bits per heavy atom. The number of rotatable bonds is 5. The van der Waals surface area contributed by atoms with Gasteiger partial charge in [0.25, 0.3) is 5.69 Å². The van der Waals surface area contributed by atoms with Crippen LogP contribution in [0.4, 0.5) is 5.69 Å². The van der Waals surface area contributed by atoms with E-state index >= 15 is 0 Å². The topological polar surface area (TPSA) is 107 Å². The molecule has 1 aromatic rings. The van der Waals surface area contributed by atoms with E-state index in [1.807, 2.05) is 0 Å². The van der Waals surface area contributed by atoms with Gasteiger partial charge in [-0.3, -0.25) is 14.9 Å². The normalized spacial score (nSPS) is 12.2. The first-order valence-corrected chi connectivity index (χ1v) is 7.80. The van der Waals surface area contributed by atoms with Crippen LogP contribution >= 0.6 is 0 Å². The van der Waals surface area contributed by atoms with Crippen molar-refractivity contribution < 1.29 is 22.9 Å². The van der Waals surface area contributed by atoms with Crippen LogP contribution in [-0.4, -0.2) is 42.8 Å². The van der Waals surface area contributed by atoms with Crippen LogP contribution in [0.25, 0.3) is 0 Å². The van der Waals surface area contributed by atoms with E-state index in [0.717, 1.165) is 28.6 Å². The molecule has 0 aliphatic heterocycles. The minimum absolute atomic E-state index is 0.135. The average Bonchev–Trinajstić information content (AvgIpc) is 2.36. The number of nitro groups is 1. The molecular weight excluding hydrogens is 312 g/mol. The second kappa shape index (κ2) is 6.41. The first-order valence-electron chi connectivity index (χ1n) is 6.36. The maximum Gasteiger partial charge on any atom is 0.321 e. The highest BCUT2D eigenvalue weighted by atomic mass is 32.2. The number of hydrogen-bond donors (Lipinski definition) is 0. The smallest absolute Gasteiger partial charge is 0.321 e. The van der Waals surface area contributed by atoms with Crippen LogP contribution in [0.5, 0.6) is 0 Å². The zero-order valence-corrected chi connectivity index (χ0v) is 13.6. The van der Waals surface area contributed by atoms with Gasteiger partial charge in [0.2, 0.25) is 10.0 Å². The zero-order valence-electron chi connectivity index (χ0n) is 12.8. The molecule has 0 radical (unpaired) electrons. The van der Waals surface area contributed by atoms with E-state index in [4.69, 9.17) is 4.74 Å². The van der Waals surface area contributed by atoms with E-state index < -0.39 is 33.1 Å². The number of carbonyl (C=O) groups is 1. The Bertz CT molecular complexity index is 661. The fraction of sp³-hybridized carbons (Fsp3) is 0.462. The summed E-state index contributed by atoms with van der Waals surface area (Å²) in [5.41, 5.74) is -0.927. The van der Waals surface area contributed by atoms with Crippen molar-refractivity contribution in [1.29, 1.82) is 0 Å². The molecule has 0 aliphatic carbocycles. The van der Waals surface area contributed by atoms with Gasteiger partial charge in [0.1, 0.15) is 12.1 Å². The van der Waals surface area contributed by atoms with Crippen molar-refractivity contribution in [3.8, 4) is 0 Å². The lowest BCUT2D eigenvalue weighted by Gasteiger charge is -2.22. The molecule has 1 aromatic carbocycles. The largest absolute Gasteiger partial charge is 0.459 e. The number of sulfonamides is 1. The Morgan fingerprint density at radius 2 is 1.77 bits per heavy atom. The predicted octanol–water partition coefficient (Wildman–Crippen LogP) is 1.56. The number of non-ortho nitro benzene ring substituents is 1. The van der Waals surface area contributed by atoms with Crippen LogP contribution in [0.3, 0.4) is 0 Å². The van der Waals surface area contributed by atoms with Crippen molar-refractivity contribution in [3.05, 3.63) is 34.4 Å². The number of nitro benzene ring substituents is 1. The zero-order chi connectivity index (χ0) is 17.1. The maximum atomic E-state index is 12.3. The highest BCUT2D eigenvalue weighted by molar-refractivity contribution is 7.89. The first kappa shape index (κ1) is 18.1. The van der Waals surface area contributed by atoms with E-state index in [1.54, 1.807) is 20.8 Å². The number of nitrogens with zero attached hydrogens (tertiary/aromatic N) is 2. The number of ether oxygens (including phenoxy) is 1. The van der Waals surface area contributed by atoms with Gasteiger partial charge in [-0.1, -0.05) is 0 Å². The third kappa shape index (κ3) is 4.78. The third-order valence-electron chi connectivity index (χ3n) is 2.53. The summed E-state index contributed by atoms with van der Waals surface area (Å²) in [6.45, 7) is 4.58. The summed E-state index contributed by atoms with van der Waals surface area (Å²) >= 11 is 0. The van der Waals surface area contributed by atoms with Crippen molar-refractivity contribution in [2.24, 2.45) is 0 Å². The van der Waals surface area contributed by atoms with Gasteiger partial charge in [0.05, 0.1) is 9.82 Å². The minimum Gasteiger partial charge on any atom is -0.459 e. The Labute approximate surface area is 128 Å². The van der Waals surface area contributed by atoms with Crippen LogP contribution in [0, 0.1) is 10.1 Å². The summed E-state index contributed by atoms with van der Waals surface area (Å²) in [5, 5.41) is 10.6. The predicted molar refractivity (Wildman–Crippen MR) is 78.8 cm³/mol. The molecule has 0 heterocycles. The number of hydrogen-bond acceptors (Lipinski definition) is 6. The molecule has 0 amide bonds. The van der Waals surface area contributed by atoms with Crippen molar-refractivity contribution in [1.82, 2.24) is 4.31 Å². The number of likely N-dealkylation sites (N-methyl/N-ethyl adjacent to an activating group) is 1. The molecule has 0 N–H and O–H groups in total. The molecule has 0 atom stereocenters. The third-order valence-corrected chi connectivity index (χ3v) is 4.35. The molecule has 122 valence electrons. The Kier molecular flexibility index (Phi) is 5.26. The number of benzene rings is 1. The van der Waals surface area contributed by atoms with Gasteiger partial charge in [-0.15, -0.1) is 0 Å². The fourth-order valence-corrected chi connectivity index (χ4v) is 2.68. The summed E-state index contributed by atoms with van der Waals surface area (Å²) in [7, 11) is -2.69. The standard InChI is InChI=1S/C13H18N2O6S/c1-13(2,3)21-12(16)9-14(4)22(19,20)11-7-5-10(6-8-11)15(17)18/h5-8H,9H2,1-4H3. The van der Waals surface area contributed by atoms with Crippen LogP contribution in [0.15, 0.2) is 29.2 Å². The van der Waals surface area contributed by atoms with Gasteiger partial charge in [-0.25, -0.2) is 8.42 Å². The van der Waals surface area contributed by atoms with Gasteiger partial charge in [0.15, 0.2) is 0 Å². The van der Waals surface area contributed by atoms with Crippen molar-refractivity contribution >= 4 is 21.7 Å². The Morgan fingerprint density at radius 1 is 1.27 bits per heavy atom. The van der Waals surface area contributed by atoms with Crippen molar-refractivity contribution in [3.63, 3.8) is 0 Å². The SMILES string of the molecule is CN(CC(=O)OC(C)(C)C)S(=O)(=O)c1ccc([N+](=O)[O-])cc1. The van der Waals surface area contributed by atoms with Gasteiger partial charge in [0, 0.05) is 19.2 Å². The second-order valence-electron chi connectivity index (χ2n) is 5.60. The van der Waals surface area contributed by atoms with Crippen LogP contribution in [-0.2, 0) is 19.6 Å². The van der Waals surface area contributed by atoms with Gasteiger partial charge in [-0.05, 0) is 32.9 Å². The summed E-state index contributed by atoms with van der Waals surface area (Å²) < 4.78 is 30.4. The molecule has 0 fully saturated rings. The molecule has 0 aromatic heterocycles. The molecule has 22 heavy (non-hydrogen) atoms. The van der Waals surface area contributed by atoms with Crippen LogP contribution in [0.1, 0.15) is 20.8 Å². The van der Waals surface area contributed by atoms with E-state index in [0.29, 0.717) is 0 Å². The average molecular weight is 330 g/mol. The first-order chi connectivity index (χ1) is 9.93. The van der Waals surface area contributed by atoms with Gasteiger partial charge < -0.3 is 4.74 Å². The molecule has 0 spiro atoms. The van der Waals surface area contributed by atoms with Gasteiger partial charge in [-0.2, -0.15) is 4.31 Å². The molecule has 9 heteroatoms. The Balaban J connectivity index is 2.89. The quantitative estimate of drug-likeness (QED) is 0.460. The number of esters is 1. The lowest BCUT2D eigenvalue weighted by atomic mass is 10.2. The van der Waals surface area contributed by atoms with E-state index in [2.05, 4.69) is 0 Å². The molecule has 1 rings (SSSR count). The summed E-state index contributed by atoms with van der Waals surface area (Å²) in [5.74, 6) is -0.680. The maximum absolute atomic E-state index is 12.3.